The third kappa shape index (κ3) is 7.33. The Hall–Kier alpha value is -3.43. The van der Waals surface area contributed by atoms with E-state index in [1.165, 1.54) is 50.1 Å². The summed E-state index contributed by atoms with van der Waals surface area (Å²) in [5.74, 6) is 0.832. The second-order valence-corrected chi connectivity index (χ2v) is 11.8. The van der Waals surface area contributed by atoms with Crippen molar-refractivity contribution in [2.45, 2.75) is 31.1 Å². The molecule has 0 saturated heterocycles. The van der Waals surface area contributed by atoms with Gasteiger partial charge in [0, 0.05) is 11.1 Å². The third-order valence-electron chi connectivity index (χ3n) is 5.76. The van der Waals surface area contributed by atoms with E-state index in [0.29, 0.717) is 16.5 Å². The summed E-state index contributed by atoms with van der Waals surface area (Å²) in [4.78, 5) is 12.8. The van der Waals surface area contributed by atoms with Crippen molar-refractivity contribution >= 4 is 33.2 Å². The van der Waals surface area contributed by atoms with Crippen LogP contribution in [0.4, 0.5) is 5.69 Å². The normalized spacial score (nSPS) is 11.5. The number of amides is 1. The molecular weight excluding hydrogens is 528 g/mol. The number of nitrogens with zero attached hydrogens (tertiary/aromatic N) is 1. The summed E-state index contributed by atoms with van der Waals surface area (Å²) in [5, 5.41) is 3.16. The summed E-state index contributed by atoms with van der Waals surface area (Å²) >= 11 is 6.00. The van der Waals surface area contributed by atoms with Crippen molar-refractivity contribution in [2.75, 3.05) is 38.2 Å². The quantitative estimate of drug-likeness (QED) is 0.330. The Bertz CT molecular complexity index is 1340. The van der Waals surface area contributed by atoms with E-state index in [1.807, 2.05) is 24.3 Å². The average Bonchev–Trinajstić information content (AvgIpc) is 2.89. The summed E-state index contributed by atoms with van der Waals surface area (Å²) in [6.07, 6.45) is 0. The topological polar surface area (TPSA) is 94.2 Å². The molecule has 1 N–H and O–H groups in total. The number of sulfonamides is 1. The van der Waals surface area contributed by atoms with E-state index in [1.54, 1.807) is 12.1 Å². The van der Waals surface area contributed by atoms with Crippen LogP contribution in [-0.4, -0.2) is 48.2 Å². The second-order valence-electron chi connectivity index (χ2n) is 9.48. The number of carbonyl (C=O) groups is 1. The first-order valence-electron chi connectivity index (χ1n) is 12.0. The number of rotatable bonds is 11. The Morgan fingerprint density at radius 1 is 0.921 bits per heavy atom. The predicted octanol–water partition coefficient (Wildman–Crippen LogP) is 5.05. The van der Waals surface area contributed by atoms with E-state index in [9.17, 15) is 13.2 Å². The zero-order valence-electron chi connectivity index (χ0n) is 22.2. The highest BCUT2D eigenvalue weighted by Gasteiger charge is 2.28. The SMILES string of the molecule is COc1ccc(S(=O)(=O)N(CC(=O)NCCOc2ccc(C(C)(C)C)cc2)c2ccc(Cl)cc2)cc1OC. The van der Waals surface area contributed by atoms with Crippen molar-refractivity contribution < 1.29 is 27.4 Å². The lowest BCUT2D eigenvalue weighted by Gasteiger charge is -2.24. The van der Waals surface area contributed by atoms with Gasteiger partial charge in [-0.15, -0.1) is 0 Å². The molecule has 38 heavy (non-hydrogen) atoms. The van der Waals surface area contributed by atoms with E-state index in [2.05, 4.69) is 26.1 Å². The third-order valence-corrected chi connectivity index (χ3v) is 7.78. The number of halogens is 1. The molecule has 0 aliphatic heterocycles. The molecular formula is C28H33ClN2O6S. The molecule has 1 amide bonds. The molecule has 3 aromatic rings. The Morgan fingerprint density at radius 3 is 2.13 bits per heavy atom. The van der Waals surface area contributed by atoms with Gasteiger partial charge in [-0.05, 0) is 59.5 Å². The van der Waals surface area contributed by atoms with Crippen LogP contribution in [0.5, 0.6) is 17.2 Å². The van der Waals surface area contributed by atoms with Gasteiger partial charge in [-0.2, -0.15) is 0 Å². The van der Waals surface area contributed by atoms with Crippen LogP contribution in [0.25, 0.3) is 0 Å². The fraction of sp³-hybridized carbons (Fsp3) is 0.321. The molecule has 0 aliphatic rings. The molecule has 0 atom stereocenters. The monoisotopic (exact) mass is 560 g/mol. The van der Waals surface area contributed by atoms with Gasteiger partial charge in [0.2, 0.25) is 5.91 Å². The fourth-order valence-corrected chi connectivity index (χ4v) is 5.19. The van der Waals surface area contributed by atoms with Gasteiger partial charge in [-0.1, -0.05) is 44.5 Å². The zero-order chi connectivity index (χ0) is 27.9. The van der Waals surface area contributed by atoms with E-state index in [4.69, 9.17) is 25.8 Å². The predicted molar refractivity (Wildman–Crippen MR) is 149 cm³/mol. The first-order valence-corrected chi connectivity index (χ1v) is 13.8. The molecule has 0 bridgehead atoms. The molecule has 0 aromatic heterocycles. The highest BCUT2D eigenvalue weighted by Crippen LogP contribution is 2.32. The average molecular weight is 561 g/mol. The fourth-order valence-electron chi connectivity index (χ4n) is 3.62. The Morgan fingerprint density at radius 2 is 1.55 bits per heavy atom. The van der Waals surface area contributed by atoms with Crippen LogP contribution in [0.2, 0.25) is 5.02 Å². The molecule has 0 radical (unpaired) electrons. The van der Waals surface area contributed by atoms with E-state index in [-0.39, 0.29) is 34.9 Å². The number of anilines is 1. The lowest BCUT2D eigenvalue weighted by molar-refractivity contribution is -0.119. The van der Waals surface area contributed by atoms with Gasteiger partial charge in [-0.25, -0.2) is 8.42 Å². The lowest BCUT2D eigenvalue weighted by Crippen LogP contribution is -2.41. The van der Waals surface area contributed by atoms with Gasteiger partial charge in [0.25, 0.3) is 10.0 Å². The maximum absolute atomic E-state index is 13.6. The van der Waals surface area contributed by atoms with Gasteiger partial charge in [0.05, 0.1) is 31.3 Å². The molecule has 0 aliphatic carbocycles. The van der Waals surface area contributed by atoms with E-state index >= 15 is 0 Å². The first-order chi connectivity index (χ1) is 18.0. The van der Waals surface area contributed by atoms with Crippen LogP contribution in [0.15, 0.2) is 71.6 Å². The Kier molecular flexibility index (Phi) is 9.51. The maximum atomic E-state index is 13.6. The largest absolute Gasteiger partial charge is 0.493 e. The molecule has 0 unspecified atom stereocenters. The number of hydrogen-bond acceptors (Lipinski definition) is 6. The minimum absolute atomic E-state index is 0.0414. The molecule has 0 heterocycles. The Labute approximate surface area is 229 Å². The van der Waals surface area contributed by atoms with Crippen molar-refractivity contribution in [3.8, 4) is 17.2 Å². The summed E-state index contributed by atoms with van der Waals surface area (Å²) in [5.41, 5.74) is 1.52. The minimum atomic E-state index is -4.15. The standard InChI is InChI=1S/C28H33ClN2O6S/c1-28(2,3)20-6-12-23(13-7-20)37-17-16-30-27(32)19-31(22-10-8-21(29)9-11-22)38(33,34)24-14-15-25(35-4)26(18-24)36-5/h6-15,18H,16-17,19H2,1-5H3,(H,30,32). The molecule has 8 nitrogen and oxygen atoms in total. The van der Waals surface area contributed by atoms with Gasteiger partial charge in [-0.3, -0.25) is 9.10 Å². The van der Waals surface area contributed by atoms with Crippen LogP contribution in [-0.2, 0) is 20.2 Å². The molecule has 3 rings (SSSR count). The molecule has 3 aromatic carbocycles. The lowest BCUT2D eigenvalue weighted by atomic mass is 9.87. The highest BCUT2D eigenvalue weighted by atomic mass is 35.5. The van der Waals surface area contributed by atoms with Gasteiger partial charge < -0.3 is 19.5 Å². The number of benzene rings is 3. The smallest absolute Gasteiger partial charge is 0.264 e. The van der Waals surface area contributed by atoms with Crippen molar-refractivity contribution in [1.82, 2.24) is 5.32 Å². The highest BCUT2D eigenvalue weighted by molar-refractivity contribution is 7.92. The second kappa shape index (κ2) is 12.4. The molecule has 0 fully saturated rings. The minimum Gasteiger partial charge on any atom is -0.493 e. The molecule has 0 spiro atoms. The summed E-state index contributed by atoms with van der Waals surface area (Å²) < 4.78 is 44.5. The van der Waals surface area contributed by atoms with Crippen LogP contribution >= 0.6 is 11.6 Å². The van der Waals surface area contributed by atoms with E-state index in [0.717, 1.165) is 4.31 Å². The van der Waals surface area contributed by atoms with Crippen molar-refractivity contribution in [2.24, 2.45) is 0 Å². The zero-order valence-corrected chi connectivity index (χ0v) is 23.7. The number of nitrogens with one attached hydrogen (secondary N) is 1. The maximum Gasteiger partial charge on any atom is 0.264 e. The number of hydrogen-bond donors (Lipinski definition) is 1. The van der Waals surface area contributed by atoms with Gasteiger partial charge >= 0.3 is 0 Å². The summed E-state index contributed by atoms with van der Waals surface area (Å²) in [6.45, 7) is 6.39. The van der Waals surface area contributed by atoms with Crippen LogP contribution in [0, 0.1) is 0 Å². The summed E-state index contributed by atoms with van der Waals surface area (Å²) in [7, 11) is -1.27. The van der Waals surface area contributed by atoms with E-state index < -0.39 is 22.5 Å². The van der Waals surface area contributed by atoms with Crippen molar-refractivity contribution in [3.63, 3.8) is 0 Å². The molecule has 10 heteroatoms. The Balaban J connectivity index is 1.71. The number of ether oxygens (including phenoxy) is 3. The van der Waals surface area contributed by atoms with Crippen molar-refractivity contribution in [3.05, 3.63) is 77.3 Å². The van der Waals surface area contributed by atoms with Crippen LogP contribution in [0.3, 0.4) is 0 Å². The van der Waals surface area contributed by atoms with Crippen LogP contribution < -0.4 is 23.8 Å². The van der Waals surface area contributed by atoms with Crippen molar-refractivity contribution in [1.29, 1.82) is 0 Å². The number of methoxy groups -OCH3 is 2. The van der Waals surface area contributed by atoms with Gasteiger partial charge in [0.15, 0.2) is 11.5 Å². The first kappa shape index (κ1) is 29.1. The van der Waals surface area contributed by atoms with Crippen LogP contribution in [0.1, 0.15) is 26.3 Å². The molecule has 204 valence electrons. The summed E-state index contributed by atoms with van der Waals surface area (Å²) in [6, 6.07) is 18.3. The van der Waals surface area contributed by atoms with Gasteiger partial charge in [0.1, 0.15) is 18.9 Å². The number of carbonyl (C=O) groups excluding carboxylic acids is 1. The molecule has 0 saturated carbocycles.